The van der Waals surface area contributed by atoms with Crippen molar-refractivity contribution in [2.75, 3.05) is 23.3 Å². The SMILES string of the molecule is O=S(=O)(Nc1nc2ccccc2nc1Nc1ccc(Cl)cc1Cl)c1ccc2c(c1)OCCO2. The van der Waals surface area contributed by atoms with E-state index in [1.807, 2.05) is 6.07 Å². The lowest BCUT2D eigenvalue weighted by atomic mass is 10.3. The monoisotopic (exact) mass is 502 g/mol. The second-order valence-electron chi connectivity index (χ2n) is 7.07. The number of ether oxygens (including phenoxy) is 2. The highest BCUT2D eigenvalue weighted by Crippen LogP contribution is 2.34. The molecule has 1 aliphatic rings. The number of sulfonamides is 1. The van der Waals surface area contributed by atoms with Crippen molar-refractivity contribution in [3.8, 4) is 11.5 Å². The number of fused-ring (bicyclic) bond motifs is 2. The van der Waals surface area contributed by atoms with Crippen molar-refractivity contribution < 1.29 is 17.9 Å². The fraction of sp³-hybridized carbons (Fsp3) is 0.0909. The van der Waals surface area contributed by atoms with Crippen LogP contribution in [0.4, 0.5) is 17.3 Å². The second-order valence-corrected chi connectivity index (χ2v) is 9.60. The summed E-state index contributed by atoms with van der Waals surface area (Å²) in [6, 6.07) is 16.4. The lowest BCUT2D eigenvalue weighted by molar-refractivity contribution is 0.171. The van der Waals surface area contributed by atoms with Crippen LogP contribution < -0.4 is 19.5 Å². The second kappa shape index (κ2) is 8.58. The molecule has 0 radical (unpaired) electrons. The van der Waals surface area contributed by atoms with Gasteiger partial charge in [0, 0.05) is 11.1 Å². The molecule has 3 aromatic carbocycles. The van der Waals surface area contributed by atoms with E-state index in [0.29, 0.717) is 51.5 Å². The van der Waals surface area contributed by atoms with E-state index in [9.17, 15) is 8.42 Å². The zero-order chi connectivity index (χ0) is 23.0. The Hall–Kier alpha value is -3.27. The molecule has 1 aromatic heterocycles. The van der Waals surface area contributed by atoms with Gasteiger partial charge < -0.3 is 14.8 Å². The van der Waals surface area contributed by atoms with Crippen molar-refractivity contribution >= 4 is 61.6 Å². The smallest absolute Gasteiger partial charge is 0.263 e. The van der Waals surface area contributed by atoms with E-state index in [1.165, 1.54) is 12.1 Å². The van der Waals surface area contributed by atoms with E-state index < -0.39 is 10.0 Å². The maximum Gasteiger partial charge on any atom is 0.263 e. The number of aromatic nitrogens is 2. The third-order valence-electron chi connectivity index (χ3n) is 4.81. The molecule has 0 saturated heterocycles. The minimum Gasteiger partial charge on any atom is -0.486 e. The Morgan fingerprint density at radius 1 is 0.818 bits per heavy atom. The third-order valence-corrected chi connectivity index (χ3v) is 6.69. The van der Waals surface area contributed by atoms with Gasteiger partial charge in [-0.15, -0.1) is 0 Å². The van der Waals surface area contributed by atoms with Crippen LogP contribution in [0.15, 0.2) is 65.6 Å². The number of halogens is 2. The number of nitrogens with one attached hydrogen (secondary N) is 2. The molecular formula is C22H16Cl2N4O4S. The van der Waals surface area contributed by atoms with Crippen molar-refractivity contribution in [3.05, 3.63) is 70.7 Å². The van der Waals surface area contributed by atoms with Gasteiger partial charge in [-0.2, -0.15) is 0 Å². The summed E-state index contributed by atoms with van der Waals surface area (Å²) in [5.41, 5.74) is 1.59. The topological polar surface area (TPSA) is 102 Å². The van der Waals surface area contributed by atoms with Crippen molar-refractivity contribution in [3.63, 3.8) is 0 Å². The zero-order valence-electron chi connectivity index (χ0n) is 16.9. The lowest BCUT2D eigenvalue weighted by Crippen LogP contribution is -2.18. The van der Waals surface area contributed by atoms with Crippen molar-refractivity contribution in [2.24, 2.45) is 0 Å². The van der Waals surface area contributed by atoms with Crippen LogP contribution in [-0.2, 0) is 10.0 Å². The number of nitrogens with zero attached hydrogens (tertiary/aromatic N) is 2. The molecule has 0 fully saturated rings. The number of hydrogen-bond donors (Lipinski definition) is 2. The normalized spacial score (nSPS) is 13.0. The number of para-hydroxylation sites is 2. The molecule has 0 saturated carbocycles. The zero-order valence-corrected chi connectivity index (χ0v) is 19.2. The molecule has 8 nitrogen and oxygen atoms in total. The van der Waals surface area contributed by atoms with Crippen molar-refractivity contribution in [1.82, 2.24) is 9.97 Å². The molecule has 0 spiro atoms. The number of rotatable bonds is 5. The molecule has 0 unspecified atom stereocenters. The van der Waals surface area contributed by atoms with Gasteiger partial charge in [0.25, 0.3) is 10.0 Å². The number of anilines is 3. The van der Waals surface area contributed by atoms with E-state index in [0.717, 1.165) is 0 Å². The maximum absolute atomic E-state index is 13.2. The van der Waals surface area contributed by atoms with E-state index in [4.69, 9.17) is 32.7 Å². The summed E-state index contributed by atoms with van der Waals surface area (Å²) in [6.07, 6.45) is 0. The van der Waals surface area contributed by atoms with Crippen molar-refractivity contribution in [1.29, 1.82) is 0 Å². The Bertz CT molecular complexity index is 1480. The van der Waals surface area contributed by atoms with E-state index >= 15 is 0 Å². The Kier molecular flexibility index (Phi) is 5.61. The molecule has 2 N–H and O–H groups in total. The molecule has 1 aliphatic heterocycles. The first kappa shape index (κ1) is 21.6. The molecule has 11 heteroatoms. The first-order valence-corrected chi connectivity index (χ1v) is 12.0. The van der Waals surface area contributed by atoms with Gasteiger partial charge in [0.2, 0.25) is 0 Å². The van der Waals surface area contributed by atoms with Crippen LogP contribution in [0.1, 0.15) is 0 Å². The molecule has 0 atom stereocenters. The fourth-order valence-electron chi connectivity index (χ4n) is 3.25. The van der Waals surface area contributed by atoms with Gasteiger partial charge in [-0.1, -0.05) is 35.3 Å². The summed E-state index contributed by atoms with van der Waals surface area (Å²) >= 11 is 12.3. The lowest BCUT2D eigenvalue weighted by Gasteiger charge is -2.19. The van der Waals surface area contributed by atoms with Crippen LogP contribution in [-0.4, -0.2) is 31.6 Å². The van der Waals surface area contributed by atoms with E-state index in [-0.39, 0.29) is 16.5 Å². The molecule has 0 bridgehead atoms. The van der Waals surface area contributed by atoms with Crippen LogP contribution in [0.25, 0.3) is 11.0 Å². The predicted octanol–water partition coefficient (Wildman–Crippen LogP) is 5.25. The van der Waals surface area contributed by atoms with Crippen molar-refractivity contribution in [2.45, 2.75) is 4.90 Å². The molecule has 4 aromatic rings. The predicted molar refractivity (Wildman–Crippen MR) is 128 cm³/mol. The van der Waals surface area contributed by atoms with Crippen LogP contribution in [0.5, 0.6) is 11.5 Å². The molecule has 2 heterocycles. The molecule has 0 aliphatic carbocycles. The van der Waals surface area contributed by atoms with Gasteiger partial charge in [0.1, 0.15) is 13.2 Å². The first-order chi connectivity index (χ1) is 15.9. The molecule has 33 heavy (non-hydrogen) atoms. The summed E-state index contributed by atoms with van der Waals surface area (Å²) in [4.78, 5) is 9.02. The average Bonchev–Trinajstić information content (AvgIpc) is 2.80. The minimum atomic E-state index is -4.03. The molecule has 5 rings (SSSR count). The summed E-state index contributed by atoms with van der Waals surface area (Å²) in [5.74, 6) is 1.04. The minimum absolute atomic E-state index is 0.00261. The Morgan fingerprint density at radius 2 is 1.52 bits per heavy atom. The highest BCUT2D eigenvalue weighted by Gasteiger charge is 2.22. The van der Waals surface area contributed by atoms with E-state index in [1.54, 1.807) is 42.5 Å². The van der Waals surface area contributed by atoms with Crippen LogP contribution in [0.3, 0.4) is 0 Å². The summed E-state index contributed by atoms with van der Waals surface area (Å²) in [5, 5.41) is 3.86. The highest BCUT2D eigenvalue weighted by atomic mass is 35.5. The largest absolute Gasteiger partial charge is 0.486 e. The Balaban J connectivity index is 1.55. The van der Waals surface area contributed by atoms with Crippen LogP contribution in [0, 0.1) is 0 Å². The highest BCUT2D eigenvalue weighted by molar-refractivity contribution is 7.92. The van der Waals surface area contributed by atoms with Gasteiger partial charge in [-0.05, 0) is 42.5 Å². The maximum atomic E-state index is 13.2. The quantitative estimate of drug-likeness (QED) is 0.384. The average molecular weight is 503 g/mol. The van der Waals surface area contributed by atoms with Gasteiger partial charge in [0.05, 0.1) is 26.6 Å². The molecular weight excluding hydrogens is 487 g/mol. The first-order valence-electron chi connectivity index (χ1n) is 9.80. The van der Waals surface area contributed by atoms with Crippen LogP contribution >= 0.6 is 23.2 Å². The Morgan fingerprint density at radius 3 is 2.24 bits per heavy atom. The molecule has 0 amide bonds. The van der Waals surface area contributed by atoms with Gasteiger partial charge in [-0.3, -0.25) is 4.72 Å². The summed E-state index contributed by atoms with van der Waals surface area (Å²) in [7, 11) is -4.03. The fourth-order valence-corrected chi connectivity index (χ4v) is 4.73. The van der Waals surface area contributed by atoms with Gasteiger partial charge >= 0.3 is 0 Å². The number of benzene rings is 3. The van der Waals surface area contributed by atoms with Crippen LogP contribution in [0.2, 0.25) is 10.0 Å². The molecule has 168 valence electrons. The third kappa shape index (κ3) is 4.47. The van der Waals surface area contributed by atoms with Gasteiger partial charge in [0.15, 0.2) is 23.1 Å². The standard InChI is InChI=1S/C22H16Cl2N4O4S/c23-13-5-7-16(15(24)11-13)25-21-22(27-18-4-2-1-3-17(18)26-21)28-33(29,30)14-6-8-19-20(12-14)32-10-9-31-19/h1-8,11-12H,9-10H2,(H,25,26)(H,27,28). The van der Waals surface area contributed by atoms with E-state index in [2.05, 4.69) is 20.0 Å². The Labute approximate surface area is 199 Å². The van der Waals surface area contributed by atoms with Gasteiger partial charge in [-0.25, -0.2) is 18.4 Å². The summed E-state index contributed by atoms with van der Waals surface area (Å²) < 4.78 is 39.9. The summed E-state index contributed by atoms with van der Waals surface area (Å²) in [6.45, 7) is 0.752. The number of hydrogen-bond acceptors (Lipinski definition) is 7.